The molecule has 0 aliphatic heterocycles. The van der Waals surface area contributed by atoms with Crippen molar-refractivity contribution in [3.05, 3.63) is 53.8 Å². The van der Waals surface area contributed by atoms with Crippen molar-refractivity contribution in [2.75, 3.05) is 20.6 Å². The van der Waals surface area contributed by atoms with Gasteiger partial charge in [0.05, 0.1) is 5.69 Å². The van der Waals surface area contributed by atoms with Crippen LogP contribution in [0, 0.1) is 5.82 Å². The fraction of sp³-hybridized carbons (Fsp3) is 0.455. The molecular weight excluding hydrogens is 458 g/mol. The number of hydrogen-bond donors (Lipinski definition) is 1. The Morgan fingerprint density at radius 1 is 1.12 bits per heavy atom. The molecule has 0 fully saturated rings. The van der Waals surface area contributed by atoms with Crippen LogP contribution in [0.5, 0.6) is 0 Å². The number of halogens is 4. The monoisotopic (exact) mass is 483 g/mol. The first-order valence-electron chi connectivity index (χ1n) is 10.6. The van der Waals surface area contributed by atoms with Crippen molar-refractivity contribution < 1.29 is 31.3 Å². The smallest absolute Gasteiger partial charge is 0.444 e. The summed E-state index contributed by atoms with van der Waals surface area (Å²) in [7, 11) is 3.78. The first kappa shape index (κ1) is 25.3. The fourth-order valence-corrected chi connectivity index (χ4v) is 3.53. The Bertz CT molecular complexity index is 1080. The number of alkyl halides is 3. The van der Waals surface area contributed by atoms with Crippen molar-refractivity contribution in [3.8, 4) is 11.5 Å². The molecule has 0 saturated carbocycles. The molecule has 12 heteroatoms. The molecule has 1 amide bonds. The molecule has 3 rings (SSSR count). The SMILES string of the molecule is CN(C)CCC(CC(CCC(N)=O)c1noc(C(F)(F)F)n1)c1coc(-c2ccc(F)cc2)n1. The maximum Gasteiger partial charge on any atom is 0.471 e. The van der Waals surface area contributed by atoms with Crippen LogP contribution < -0.4 is 5.73 Å². The Labute approximate surface area is 193 Å². The number of carbonyl (C=O) groups is 1. The van der Waals surface area contributed by atoms with Crippen LogP contribution in [0.25, 0.3) is 11.5 Å². The number of aromatic nitrogens is 3. The number of rotatable bonds is 11. The first-order chi connectivity index (χ1) is 16.0. The van der Waals surface area contributed by atoms with E-state index in [9.17, 15) is 22.4 Å². The summed E-state index contributed by atoms with van der Waals surface area (Å²) in [4.78, 5) is 21.4. The molecule has 2 aromatic heterocycles. The quantitative estimate of drug-likeness (QED) is 0.404. The number of oxazole rings is 1. The van der Waals surface area contributed by atoms with E-state index in [4.69, 9.17) is 10.2 Å². The van der Waals surface area contributed by atoms with Gasteiger partial charge in [0.15, 0.2) is 5.82 Å². The first-order valence-corrected chi connectivity index (χ1v) is 10.6. The molecule has 0 aliphatic rings. The Hall–Kier alpha value is -3.28. The van der Waals surface area contributed by atoms with Gasteiger partial charge in [0.2, 0.25) is 11.8 Å². The Morgan fingerprint density at radius 3 is 2.41 bits per heavy atom. The zero-order valence-corrected chi connectivity index (χ0v) is 18.7. The summed E-state index contributed by atoms with van der Waals surface area (Å²) in [6.07, 6.45) is -2.33. The highest BCUT2D eigenvalue weighted by molar-refractivity contribution is 5.73. The van der Waals surface area contributed by atoms with Crippen molar-refractivity contribution in [2.24, 2.45) is 5.73 Å². The number of carbonyl (C=O) groups excluding carboxylic acids is 1. The number of benzene rings is 1. The van der Waals surface area contributed by atoms with Crippen LogP contribution in [0.1, 0.15) is 54.9 Å². The Kier molecular flexibility index (Phi) is 8.02. The zero-order valence-electron chi connectivity index (χ0n) is 18.7. The third-order valence-corrected chi connectivity index (χ3v) is 5.31. The summed E-state index contributed by atoms with van der Waals surface area (Å²) in [6, 6.07) is 5.65. The maximum atomic E-state index is 13.2. The topological polar surface area (TPSA) is 111 Å². The second-order valence-electron chi connectivity index (χ2n) is 8.27. The second-order valence-corrected chi connectivity index (χ2v) is 8.27. The summed E-state index contributed by atoms with van der Waals surface area (Å²) in [6.45, 7) is 0.659. The highest BCUT2D eigenvalue weighted by atomic mass is 19.4. The van der Waals surface area contributed by atoms with Gasteiger partial charge < -0.3 is 19.6 Å². The number of amides is 1. The van der Waals surface area contributed by atoms with Gasteiger partial charge in [0, 0.05) is 23.8 Å². The molecule has 34 heavy (non-hydrogen) atoms. The predicted octanol–water partition coefficient (Wildman–Crippen LogP) is 4.36. The van der Waals surface area contributed by atoms with Crippen LogP contribution in [0.15, 0.2) is 39.5 Å². The minimum Gasteiger partial charge on any atom is -0.444 e. The van der Waals surface area contributed by atoms with Gasteiger partial charge >= 0.3 is 12.1 Å². The summed E-state index contributed by atoms with van der Waals surface area (Å²) in [5, 5.41) is 3.52. The van der Waals surface area contributed by atoms with Crippen molar-refractivity contribution in [1.82, 2.24) is 20.0 Å². The van der Waals surface area contributed by atoms with Gasteiger partial charge in [-0.25, -0.2) is 9.37 Å². The molecule has 3 aromatic rings. The number of primary amides is 1. The molecule has 2 unspecified atom stereocenters. The highest BCUT2D eigenvalue weighted by Gasteiger charge is 2.39. The lowest BCUT2D eigenvalue weighted by Gasteiger charge is -2.21. The molecule has 2 N–H and O–H groups in total. The summed E-state index contributed by atoms with van der Waals surface area (Å²) in [5.74, 6) is -3.18. The average Bonchev–Trinajstić information content (AvgIpc) is 3.43. The second kappa shape index (κ2) is 10.8. The van der Waals surface area contributed by atoms with Crippen LogP contribution in [-0.4, -0.2) is 46.6 Å². The van der Waals surface area contributed by atoms with Crippen LogP contribution in [-0.2, 0) is 11.0 Å². The third-order valence-electron chi connectivity index (χ3n) is 5.31. The van der Waals surface area contributed by atoms with Crippen LogP contribution in [0.4, 0.5) is 17.6 Å². The van der Waals surface area contributed by atoms with Crippen LogP contribution in [0.2, 0.25) is 0 Å². The molecule has 2 atom stereocenters. The van der Waals surface area contributed by atoms with Crippen molar-refractivity contribution in [2.45, 2.75) is 43.7 Å². The molecule has 0 aliphatic carbocycles. The molecule has 1 aromatic carbocycles. The Morgan fingerprint density at radius 2 is 1.82 bits per heavy atom. The lowest BCUT2D eigenvalue weighted by molar-refractivity contribution is -0.159. The van der Waals surface area contributed by atoms with E-state index in [1.54, 1.807) is 0 Å². The highest BCUT2D eigenvalue weighted by Crippen LogP contribution is 2.36. The molecular formula is C22H25F4N5O3. The van der Waals surface area contributed by atoms with E-state index in [0.29, 0.717) is 24.2 Å². The average molecular weight is 483 g/mol. The molecule has 8 nitrogen and oxygen atoms in total. The van der Waals surface area contributed by atoms with Gasteiger partial charge in [0.25, 0.3) is 0 Å². The summed E-state index contributed by atoms with van der Waals surface area (Å²) < 4.78 is 62.2. The number of nitrogens with two attached hydrogens (primary N) is 1. The van der Waals surface area contributed by atoms with Gasteiger partial charge in [-0.1, -0.05) is 5.16 Å². The largest absolute Gasteiger partial charge is 0.471 e. The van der Waals surface area contributed by atoms with E-state index in [2.05, 4.69) is 19.6 Å². The van der Waals surface area contributed by atoms with Gasteiger partial charge in [-0.05, 0) is 64.2 Å². The van der Waals surface area contributed by atoms with E-state index >= 15 is 0 Å². The van der Waals surface area contributed by atoms with Crippen molar-refractivity contribution in [1.29, 1.82) is 0 Å². The van der Waals surface area contributed by atoms with E-state index in [1.165, 1.54) is 30.5 Å². The van der Waals surface area contributed by atoms with Crippen LogP contribution in [0.3, 0.4) is 0 Å². The molecule has 0 saturated heterocycles. The maximum absolute atomic E-state index is 13.2. The van der Waals surface area contributed by atoms with Crippen LogP contribution >= 0.6 is 0 Å². The van der Waals surface area contributed by atoms with Gasteiger partial charge in [-0.2, -0.15) is 18.2 Å². The van der Waals surface area contributed by atoms with Gasteiger partial charge in [-0.15, -0.1) is 0 Å². The molecule has 0 bridgehead atoms. The van der Waals surface area contributed by atoms with E-state index in [1.807, 2.05) is 19.0 Å². The zero-order chi connectivity index (χ0) is 24.9. The lowest BCUT2D eigenvalue weighted by Crippen LogP contribution is -2.19. The predicted molar refractivity (Wildman–Crippen MR) is 113 cm³/mol. The van der Waals surface area contributed by atoms with Gasteiger partial charge in [0.1, 0.15) is 12.1 Å². The Balaban J connectivity index is 1.88. The molecule has 0 radical (unpaired) electrons. The van der Waals surface area contributed by atoms with Crippen molar-refractivity contribution in [3.63, 3.8) is 0 Å². The third kappa shape index (κ3) is 6.86. The fourth-order valence-electron chi connectivity index (χ4n) is 3.53. The minimum absolute atomic E-state index is 0.0550. The lowest BCUT2D eigenvalue weighted by atomic mass is 9.86. The van der Waals surface area contributed by atoms with E-state index in [-0.39, 0.29) is 36.9 Å². The number of nitrogens with zero attached hydrogens (tertiary/aromatic N) is 4. The summed E-state index contributed by atoms with van der Waals surface area (Å²) in [5.41, 5.74) is 6.42. The molecule has 184 valence electrons. The van der Waals surface area contributed by atoms with E-state index < -0.39 is 29.7 Å². The standard InChI is InChI=1S/C22H25F4N5O3/c1-31(2)10-9-14(17-12-33-20(28-17)13-3-6-16(23)7-4-13)11-15(5-8-18(27)32)19-29-21(34-30-19)22(24,25)26/h3-4,6-7,12,14-15H,5,8-11H2,1-2H3,(H2,27,32). The normalized spacial score (nSPS) is 13.9. The number of hydrogen-bond acceptors (Lipinski definition) is 7. The summed E-state index contributed by atoms with van der Waals surface area (Å²) >= 11 is 0. The van der Waals surface area contributed by atoms with E-state index in [0.717, 1.165) is 0 Å². The minimum atomic E-state index is -4.78. The van der Waals surface area contributed by atoms with Crippen molar-refractivity contribution >= 4 is 5.91 Å². The van der Waals surface area contributed by atoms with Gasteiger partial charge in [-0.3, -0.25) is 4.79 Å². The molecule has 0 spiro atoms. The molecule has 2 heterocycles.